The van der Waals surface area contributed by atoms with Crippen LogP contribution < -0.4 is 5.32 Å². The van der Waals surface area contributed by atoms with E-state index in [9.17, 15) is 18.7 Å². The van der Waals surface area contributed by atoms with Crippen LogP contribution in [0.2, 0.25) is 0 Å². The summed E-state index contributed by atoms with van der Waals surface area (Å²) in [6.07, 6.45) is 0. The van der Waals surface area contributed by atoms with Crippen LogP contribution in [0.25, 0.3) is 0 Å². The summed E-state index contributed by atoms with van der Waals surface area (Å²) in [7, 11) is 0. The number of rotatable bonds is 4. The number of aliphatic hydroxyl groups excluding tert-OH is 1. The second kappa shape index (κ2) is 6.25. The van der Waals surface area contributed by atoms with Gasteiger partial charge in [0.1, 0.15) is 11.6 Å². The zero-order valence-electron chi connectivity index (χ0n) is 10.5. The van der Waals surface area contributed by atoms with Gasteiger partial charge in [0, 0.05) is 11.6 Å². The first-order valence-corrected chi connectivity index (χ1v) is 6.03. The van der Waals surface area contributed by atoms with Gasteiger partial charge in [-0.3, -0.25) is 4.79 Å². The molecule has 0 spiro atoms. The van der Waals surface area contributed by atoms with Crippen molar-refractivity contribution in [2.75, 3.05) is 6.61 Å². The van der Waals surface area contributed by atoms with Gasteiger partial charge in [0.15, 0.2) is 0 Å². The lowest BCUT2D eigenvalue weighted by molar-refractivity contribution is 0.0915. The highest BCUT2D eigenvalue weighted by Crippen LogP contribution is 2.14. The molecule has 0 radical (unpaired) electrons. The molecule has 0 aliphatic carbocycles. The number of aliphatic hydroxyl groups is 1. The maximum atomic E-state index is 13.1. The Hall–Kier alpha value is -2.27. The van der Waals surface area contributed by atoms with Gasteiger partial charge in [-0.2, -0.15) is 0 Å². The van der Waals surface area contributed by atoms with E-state index in [1.807, 2.05) is 6.07 Å². The third kappa shape index (κ3) is 3.39. The van der Waals surface area contributed by atoms with Gasteiger partial charge in [-0.15, -0.1) is 0 Å². The molecule has 0 fully saturated rings. The van der Waals surface area contributed by atoms with E-state index in [1.54, 1.807) is 24.3 Å². The van der Waals surface area contributed by atoms with E-state index >= 15 is 0 Å². The molecule has 2 N–H and O–H groups in total. The third-order valence-electron chi connectivity index (χ3n) is 2.81. The minimum absolute atomic E-state index is 0.128. The normalized spacial score (nSPS) is 11.9. The van der Waals surface area contributed by atoms with Crippen molar-refractivity contribution in [2.24, 2.45) is 0 Å². The Labute approximate surface area is 114 Å². The summed E-state index contributed by atoms with van der Waals surface area (Å²) in [5.41, 5.74) is 0.581. The van der Waals surface area contributed by atoms with Gasteiger partial charge in [0.05, 0.1) is 12.6 Å². The lowest BCUT2D eigenvalue weighted by Crippen LogP contribution is -2.30. The molecule has 3 nitrogen and oxygen atoms in total. The van der Waals surface area contributed by atoms with Crippen LogP contribution in [0.1, 0.15) is 22.0 Å². The molecule has 104 valence electrons. The Morgan fingerprint density at radius 3 is 2.25 bits per heavy atom. The first-order chi connectivity index (χ1) is 9.60. The Morgan fingerprint density at radius 2 is 1.70 bits per heavy atom. The molecule has 0 aliphatic rings. The molecule has 20 heavy (non-hydrogen) atoms. The smallest absolute Gasteiger partial charge is 0.252 e. The standard InChI is InChI=1S/C15H13F2NO2/c16-12-6-11(7-13(17)8-12)15(20)18-14(9-19)10-4-2-1-3-5-10/h1-8,14,19H,9H2,(H,18,20). The zero-order chi connectivity index (χ0) is 14.5. The van der Waals surface area contributed by atoms with Crippen molar-refractivity contribution >= 4 is 5.91 Å². The van der Waals surface area contributed by atoms with Gasteiger partial charge < -0.3 is 10.4 Å². The number of hydrogen-bond acceptors (Lipinski definition) is 2. The van der Waals surface area contributed by atoms with Crippen LogP contribution in [-0.2, 0) is 0 Å². The van der Waals surface area contributed by atoms with Crippen LogP contribution in [0.4, 0.5) is 8.78 Å². The fraction of sp³-hybridized carbons (Fsp3) is 0.133. The van der Waals surface area contributed by atoms with Crippen molar-refractivity contribution in [2.45, 2.75) is 6.04 Å². The molecule has 0 aromatic heterocycles. The molecule has 0 bridgehead atoms. The average Bonchev–Trinajstić information content (AvgIpc) is 2.44. The molecule has 0 saturated heterocycles. The molecule has 2 rings (SSSR count). The van der Waals surface area contributed by atoms with E-state index in [0.717, 1.165) is 12.1 Å². The second-order valence-electron chi connectivity index (χ2n) is 4.28. The van der Waals surface area contributed by atoms with Crippen LogP contribution in [0, 0.1) is 11.6 Å². The minimum atomic E-state index is -0.824. The third-order valence-corrected chi connectivity index (χ3v) is 2.81. The number of halogens is 2. The summed E-state index contributed by atoms with van der Waals surface area (Å²) >= 11 is 0. The van der Waals surface area contributed by atoms with E-state index in [1.165, 1.54) is 0 Å². The Morgan fingerprint density at radius 1 is 1.10 bits per heavy atom. The summed E-state index contributed by atoms with van der Waals surface area (Å²) in [4.78, 5) is 11.9. The molecule has 1 amide bonds. The van der Waals surface area contributed by atoms with Gasteiger partial charge in [-0.1, -0.05) is 30.3 Å². The molecule has 0 heterocycles. The number of hydrogen-bond donors (Lipinski definition) is 2. The van der Waals surface area contributed by atoms with Crippen molar-refractivity contribution < 1.29 is 18.7 Å². The summed E-state index contributed by atoms with van der Waals surface area (Å²) in [6.45, 7) is -0.312. The van der Waals surface area contributed by atoms with Crippen molar-refractivity contribution in [1.29, 1.82) is 0 Å². The van der Waals surface area contributed by atoms with Gasteiger partial charge >= 0.3 is 0 Å². The summed E-state index contributed by atoms with van der Waals surface area (Å²) < 4.78 is 26.1. The number of benzene rings is 2. The molecular weight excluding hydrogens is 264 g/mol. The maximum absolute atomic E-state index is 13.1. The van der Waals surface area contributed by atoms with Gasteiger partial charge in [0.25, 0.3) is 5.91 Å². The Kier molecular flexibility index (Phi) is 4.42. The number of nitrogens with one attached hydrogen (secondary N) is 1. The quantitative estimate of drug-likeness (QED) is 0.901. The fourth-order valence-electron chi connectivity index (χ4n) is 1.85. The molecule has 2 aromatic carbocycles. The molecule has 1 unspecified atom stereocenters. The van der Waals surface area contributed by atoms with E-state index in [0.29, 0.717) is 11.6 Å². The molecule has 5 heteroatoms. The van der Waals surface area contributed by atoms with Crippen molar-refractivity contribution in [3.8, 4) is 0 Å². The van der Waals surface area contributed by atoms with Crippen LogP contribution in [0.15, 0.2) is 48.5 Å². The van der Waals surface area contributed by atoms with Gasteiger partial charge in [-0.05, 0) is 17.7 Å². The highest BCUT2D eigenvalue weighted by atomic mass is 19.1. The van der Waals surface area contributed by atoms with Crippen molar-refractivity contribution in [3.63, 3.8) is 0 Å². The monoisotopic (exact) mass is 277 g/mol. The molecular formula is C15H13F2NO2. The summed E-state index contributed by atoms with van der Waals surface area (Å²) in [5.74, 6) is -2.29. The van der Waals surface area contributed by atoms with Gasteiger partial charge in [0.2, 0.25) is 0 Å². The van der Waals surface area contributed by atoms with Crippen LogP contribution in [-0.4, -0.2) is 17.6 Å². The topological polar surface area (TPSA) is 49.3 Å². The highest BCUT2D eigenvalue weighted by molar-refractivity contribution is 5.94. The molecule has 0 saturated carbocycles. The molecule has 0 aliphatic heterocycles. The van der Waals surface area contributed by atoms with E-state index < -0.39 is 23.6 Å². The van der Waals surface area contributed by atoms with E-state index in [2.05, 4.69) is 5.32 Å². The SMILES string of the molecule is O=C(NC(CO)c1ccccc1)c1cc(F)cc(F)c1. The predicted molar refractivity (Wildman–Crippen MR) is 70.1 cm³/mol. The predicted octanol–water partition coefficient (Wildman–Crippen LogP) is 2.43. The van der Waals surface area contributed by atoms with Crippen molar-refractivity contribution in [1.82, 2.24) is 5.32 Å². The highest BCUT2D eigenvalue weighted by Gasteiger charge is 2.15. The van der Waals surface area contributed by atoms with Gasteiger partial charge in [-0.25, -0.2) is 8.78 Å². The fourth-order valence-corrected chi connectivity index (χ4v) is 1.85. The van der Waals surface area contributed by atoms with Crippen molar-refractivity contribution in [3.05, 3.63) is 71.3 Å². The second-order valence-corrected chi connectivity index (χ2v) is 4.28. The average molecular weight is 277 g/mol. The van der Waals surface area contributed by atoms with E-state index in [-0.39, 0.29) is 12.2 Å². The van der Waals surface area contributed by atoms with E-state index in [4.69, 9.17) is 0 Å². The van der Waals surface area contributed by atoms with Crippen LogP contribution in [0.3, 0.4) is 0 Å². The summed E-state index contributed by atoms with van der Waals surface area (Å²) in [5, 5.41) is 11.9. The maximum Gasteiger partial charge on any atom is 0.252 e. The lowest BCUT2D eigenvalue weighted by Gasteiger charge is -2.16. The lowest BCUT2D eigenvalue weighted by atomic mass is 10.1. The first kappa shape index (κ1) is 14.1. The molecule has 1 atom stereocenters. The number of amides is 1. The Balaban J connectivity index is 2.17. The largest absolute Gasteiger partial charge is 0.394 e. The Bertz CT molecular complexity index is 582. The zero-order valence-corrected chi connectivity index (χ0v) is 10.5. The summed E-state index contributed by atoms with van der Waals surface area (Å²) in [6, 6.07) is 10.8. The van der Waals surface area contributed by atoms with Crippen LogP contribution in [0.5, 0.6) is 0 Å². The van der Waals surface area contributed by atoms with Crippen LogP contribution >= 0.6 is 0 Å². The first-order valence-electron chi connectivity index (χ1n) is 6.03. The number of carbonyl (C=O) groups excluding carboxylic acids is 1. The minimum Gasteiger partial charge on any atom is -0.394 e. The molecule has 2 aromatic rings. The number of carbonyl (C=O) groups is 1.